The number of aliphatic hydroxyl groups is 1. The fourth-order valence-corrected chi connectivity index (χ4v) is 6.13. The molecule has 1 N–H and O–H groups in total. The van der Waals surface area contributed by atoms with Crippen molar-refractivity contribution in [1.29, 1.82) is 0 Å². The topological polar surface area (TPSA) is 20.2 Å². The van der Waals surface area contributed by atoms with E-state index in [1.807, 2.05) is 0 Å². The van der Waals surface area contributed by atoms with Crippen LogP contribution in [0.2, 0.25) is 0 Å². The highest BCUT2D eigenvalue weighted by Gasteiger charge is 2.77. The third-order valence-corrected chi connectivity index (χ3v) is 7.14. The standard InChI is InChI=1S/C15H26O/c1-11(2)14-9-7-13(4)6-5-12(14,3)8-10-15(13,14)16/h11,16H,5-10H2,1-4H3. The van der Waals surface area contributed by atoms with Crippen molar-refractivity contribution < 1.29 is 5.11 Å². The minimum Gasteiger partial charge on any atom is -0.389 e. The molecule has 4 bridgehead atoms. The van der Waals surface area contributed by atoms with E-state index in [1.54, 1.807) is 0 Å². The number of hydrogen-bond donors (Lipinski definition) is 1. The van der Waals surface area contributed by atoms with Crippen LogP contribution < -0.4 is 0 Å². The molecule has 0 aliphatic heterocycles. The summed E-state index contributed by atoms with van der Waals surface area (Å²) in [5.41, 5.74) is 0.480. The lowest BCUT2D eigenvalue weighted by atomic mass is 9.49. The second-order valence-electron chi connectivity index (χ2n) is 7.61. The minimum absolute atomic E-state index is 0.215. The van der Waals surface area contributed by atoms with Gasteiger partial charge in [-0.25, -0.2) is 0 Å². The van der Waals surface area contributed by atoms with Crippen LogP contribution in [0.25, 0.3) is 0 Å². The van der Waals surface area contributed by atoms with Crippen LogP contribution in [0.5, 0.6) is 0 Å². The molecule has 3 aliphatic carbocycles. The average molecular weight is 222 g/mol. The van der Waals surface area contributed by atoms with Crippen molar-refractivity contribution in [2.24, 2.45) is 22.2 Å². The lowest BCUT2D eigenvalue weighted by molar-refractivity contribution is -0.187. The van der Waals surface area contributed by atoms with Crippen molar-refractivity contribution >= 4 is 0 Å². The molecule has 3 saturated carbocycles. The highest BCUT2D eigenvalue weighted by molar-refractivity contribution is 5.26. The Morgan fingerprint density at radius 2 is 1.31 bits per heavy atom. The van der Waals surface area contributed by atoms with Gasteiger partial charge in [0.05, 0.1) is 5.60 Å². The van der Waals surface area contributed by atoms with Crippen LogP contribution in [0.1, 0.15) is 66.2 Å². The first-order valence-corrected chi connectivity index (χ1v) is 7.04. The fourth-order valence-electron chi connectivity index (χ4n) is 6.13. The SMILES string of the molecule is CC(C)C12CCC3(C)CCC1(C)CCC32O. The summed E-state index contributed by atoms with van der Waals surface area (Å²) in [4.78, 5) is 0. The third kappa shape index (κ3) is 0.805. The monoisotopic (exact) mass is 222 g/mol. The summed E-state index contributed by atoms with van der Waals surface area (Å²) < 4.78 is 0. The molecule has 0 amide bonds. The van der Waals surface area contributed by atoms with Gasteiger partial charge in [-0.3, -0.25) is 0 Å². The third-order valence-electron chi connectivity index (χ3n) is 7.14. The van der Waals surface area contributed by atoms with Crippen LogP contribution in [0.3, 0.4) is 0 Å². The molecule has 0 radical (unpaired) electrons. The zero-order valence-corrected chi connectivity index (χ0v) is 11.3. The normalized spacial score (nSPS) is 59.6. The smallest absolute Gasteiger partial charge is 0.0764 e. The van der Waals surface area contributed by atoms with E-state index in [0.717, 1.165) is 6.42 Å². The molecule has 3 aliphatic rings. The van der Waals surface area contributed by atoms with Crippen molar-refractivity contribution in [1.82, 2.24) is 0 Å². The van der Waals surface area contributed by atoms with Crippen molar-refractivity contribution in [3.63, 3.8) is 0 Å². The molecule has 4 atom stereocenters. The van der Waals surface area contributed by atoms with Crippen LogP contribution in [0.4, 0.5) is 0 Å². The van der Waals surface area contributed by atoms with E-state index < -0.39 is 0 Å². The Morgan fingerprint density at radius 1 is 0.812 bits per heavy atom. The lowest BCUT2D eigenvalue weighted by Gasteiger charge is -2.58. The van der Waals surface area contributed by atoms with Gasteiger partial charge in [-0.2, -0.15) is 0 Å². The minimum atomic E-state index is -0.360. The molecule has 3 rings (SSSR count). The van der Waals surface area contributed by atoms with E-state index in [1.165, 1.54) is 32.1 Å². The Hall–Kier alpha value is -0.0400. The predicted molar refractivity (Wildman–Crippen MR) is 66.1 cm³/mol. The lowest BCUT2D eigenvalue weighted by Crippen LogP contribution is -2.59. The van der Waals surface area contributed by atoms with E-state index in [2.05, 4.69) is 27.7 Å². The molecule has 1 nitrogen and oxygen atoms in total. The van der Waals surface area contributed by atoms with E-state index in [-0.39, 0.29) is 16.4 Å². The van der Waals surface area contributed by atoms with E-state index in [0.29, 0.717) is 11.3 Å². The summed E-state index contributed by atoms with van der Waals surface area (Å²) >= 11 is 0. The Labute approximate surface area is 99.6 Å². The van der Waals surface area contributed by atoms with Gasteiger partial charge in [-0.15, -0.1) is 0 Å². The molecule has 0 aromatic heterocycles. The molecular formula is C15H26O. The summed E-state index contributed by atoms with van der Waals surface area (Å²) in [5, 5.41) is 11.4. The first-order valence-electron chi connectivity index (χ1n) is 7.04. The zero-order chi connectivity index (χ0) is 11.8. The molecule has 1 heteroatoms. The van der Waals surface area contributed by atoms with E-state index >= 15 is 0 Å². The quantitative estimate of drug-likeness (QED) is 0.716. The van der Waals surface area contributed by atoms with Gasteiger partial charge in [0.25, 0.3) is 0 Å². The molecule has 0 aromatic carbocycles. The molecule has 0 saturated heterocycles. The van der Waals surface area contributed by atoms with Crippen LogP contribution in [-0.4, -0.2) is 10.7 Å². The summed E-state index contributed by atoms with van der Waals surface area (Å²) in [7, 11) is 0. The second kappa shape index (κ2) is 2.68. The summed E-state index contributed by atoms with van der Waals surface area (Å²) in [6.45, 7) is 9.48. The van der Waals surface area contributed by atoms with Crippen molar-refractivity contribution in [3.8, 4) is 0 Å². The number of rotatable bonds is 1. The van der Waals surface area contributed by atoms with Gasteiger partial charge < -0.3 is 5.11 Å². The largest absolute Gasteiger partial charge is 0.389 e. The average Bonchev–Trinajstić information content (AvgIpc) is 2.48. The highest BCUT2D eigenvalue weighted by Crippen LogP contribution is 2.79. The van der Waals surface area contributed by atoms with Gasteiger partial charge in [-0.1, -0.05) is 27.7 Å². The fraction of sp³-hybridized carbons (Fsp3) is 1.00. The van der Waals surface area contributed by atoms with Crippen molar-refractivity contribution in [2.45, 2.75) is 71.8 Å². The number of hydrogen-bond acceptors (Lipinski definition) is 1. The highest BCUT2D eigenvalue weighted by atomic mass is 16.3. The molecule has 0 heterocycles. The van der Waals surface area contributed by atoms with Crippen LogP contribution in [-0.2, 0) is 0 Å². The Bertz CT molecular complexity index is 336. The van der Waals surface area contributed by atoms with Gasteiger partial charge >= 0.3 is 0 Å². The van der Waals surface area contributed by atoms with Gasteiger partial charge in [0.2, 0.25) is 0 Å². The Kier molecular flexibility index (Phi) is 1.86. The van der Waals surface area contributed by atoms with Crippen LogP contribution in [0, 0.1) is 22.2 Å². The van der Waals surface area contributed by atoms with Gasteiger partial charge in [0, 0.05) is 5.41 Å². The van der Waals surface area contributed by atoms with Gasteiger partial charge in [0.1, 0.15) is 0 Å². The first kappa shape index (κ1) is 11.1. The van der Waals surface area contributed by atoms with Crippen molar-refractivity contribution in [2.75, 3.05) is 0 Å². The van der Waals surface area contributed by atoms with Crippen LogP contribution in [0.15, 0.2) is 0 Å². The maximum absolute atomic E-state index is 11.4. The molecule has 0 aromatic rings. The molecule has 0 spiro atoms. The van der Waals surface area contributed by atoms with E-state index in [4.69, 9.17) is 0 Å². The van der Waals surface area contributed by atoms with Gasteiger partial charge in [-0.05, 0) is 55.3 Å². The maximum atomic E-state index is 11.4. The molecule has 16 heavy (non-hydrogen) atoms. The second-order valence-corrected chi connectivity index (χ2v) is 7.61. The zero-order valence-electron chi connectivity index (χ0n) is 11.3. The molecule has 3 fully saturated rings. The summed E-state index contributed by atoms with van der Waals surface area (Å²) in [5.74, 6) is 0.618. The first-order chi connectivity index (χ1) is 7.31. The van der Waals surface area contributed by atoms with E-state index in [9.17, 15) is 5.11 Å². The van der Waals surface area contributed by atoms with Crippen molar-refractivity contribution in [3.05, 3.63) is 0 Å². The predicted octanol–water partition coefficient (Wildman–Crippen LogP) is 3.75. The Morgan fingerprint density at radius 3 is 1.88 bits per heavy atom. The molecule has 4 unspecified atom stereocenters. The molecular weight excluding hydrogens is 196 g/mol. The maximum Gasteiger partial charge on any atom is 0.0764 e. The Balaban J connectivity index is 2.22. The summed E-state index contributed by atoms with van der Waals surface area (Å²) in [6.07, 6.45) is 7.39. The molecule has 92 valence electrons. The van der Waals surface area contributed by atoms with Gasteiger partial charge in [0.15, 0.2) is 0 Å². The van der Waals surface area contributed by atoms with Crippen LogP contribution >= 0.6 is 0 Å². The summed E-state index contributed by atoms with van der Waals surface area (Å²) in [6, 6.07) is 0.